The zero-order chi connectivity index (χ0) is 19.8. The van der Waals surface area contributed by atoms with Crippen LogP contribution in [0.2, 0.25) is 0 Å². The summed E-state index contributed by atoms with van der Waals surface area (Å²) in [5, 5.41) is 7.68. The van der Waals surface area contributed by atoms with Gasteiger partial charge in [-0.05, 0) is 24.6 Å². The average Bonchev–Trinajstić information content (AvgIpc) is 3.16. The lowest BCUT2D eigenvalue weighted by Crippen LogP contribution is -2.49. The first-order valence-corrected chi connectivity index (χ1v) is 9.96. The number of carbonyl (C=O) groups is 1. The van der Waals surface area contributed by atoms with Crippen molar-refractivity contribution in [2.45, 2.75) is 32.0 Å². The Balaban J connectivity index is 1.32. The van der Waals surface area contributed by atoms with Gasteiger partial charge in [0.05, 0.1) is 0 Å². The van der Waals surface area contributed by atoms with Crippen molar-refractivity contribution >= 4 is 6.09 Å². The van der Waals surface area contributed by atoms with E-state index in [-0.39, 0.29) is 12.7 Å². The minimum atomic E-state index is -0.461. The van der Waals surface area contributed by atoms with E-state index in [1.165, 1.54) is 0 Å². The SMILES string of the molecule is Cc1[nH]nc2c1C1(CCN(C(=O)OCc3ccccc3)CC1)Oc1ccccc1-2. The van der Waals surface area contributed by atoms with Crippen molar-refractivity contribution in [1.29, 1.82) is 0 Å². The largest absolute Gasteiger partial charge is 0.482 e. The Morgan fingerprint density at radius 1 is 1.14 bits per heavy atom. The number of nitrogens with one attached hydrogen (secondary N) is 1. The van der Waals surface area contributed by atoms with E-state index in [2.05, 4.69) is 10.2 Å². The molecule has 2 aromatic carbocycles. The van der Waals surface area contributed by atoms with Crippen molar-refractivity contribution in [3.05, 3.63) is 71.4 Å². The van der Waals surface area contributed by atoms with Crippen LogP contribution in [0.25, 0.3) is 11.3 Å². The molecule has 1 saturated heterocycles. The van der Waals surface area contributed by atoms with Crippen LogP contribution < -0.4 is 4.74 Å². The summed E-state index contributed by atoms with van der Waals surface area (Å²) in [5.74, 6) is 0.853. The molecule has 0 saturated carbocycles. The highest BCUT2D eigenvalue weighted by Crippen LogP contribution is 2.49. The van der Waals surface area contributed by atoms with Crippen LogP contribution in [0, 0.1) is 6.92 Å². The van der Waals surface area contributed by atoms with Crippen LogP contribution in [0.5, 0.6) is 5.75 Å². The van der Waals surface area contributed by atoms with Crippen LogP contribution in [0.3, 0.4) is 0 Å². The predicted molar refractivity (Wildman–Crippen MR) is 109 cm³/mol. The third-order valence-corrected chi connectivity index (χ3v) is 5.88. The Hall–Kier alpha value is -3.28. The van der Waals surface area contributed by atoms with Crippen molar-refractivity contribution in [2.24, 2.45) is 0 Å². The molecule has 2 aliphatic heterocycles. The lowest BCUT2D eigenvalue weighted by Gasteiger charge is -2.44. The van der Waals surface area contributed by atoms with Gasteiger partial charge in [0.25, 0.3) is 0 Å². The van der Waals surface area contributed by atoms with Crippen LogP contribution in [0.4, 0.5) is 4.79 Å². The van der Waals surface area contributed by atoms with E-state index in [1.807, 2.05) is 61.5 Å². The maximum Gasteiger partial charge on any atom is 0.410 e. The first kappa shape index (κ1) is 17.8. The van der Waals surface area contributed by atoms with Crippen LogP contribution in [0.1, 0.15) is 29.7 Å². The smallest absolute Gasteiger partial charge is 0.410 e. The van der Waals surface area contributed by atoms with Gasteiger partial charge >= 0.3 is 6.09 Å². The number of rotatable bonds is 2. The Kier molecular flexibility index (Phi) is 4.27. The van der Waals surface area contributed by atoms with Gasteiger partial charge < -0.3 is 14.4 Å². The molecule has 1 spiro atoms. The number of amides is 1. The summed E-state index contributed by atoms with van der Waals surface area (Å²) >= 11 is 0. The van der Waals surface area contributed by atoms with Crippen LogP contribution >= 0.6 is 0 Å². The number of hydrogen-bond acceptors (Lipinski definition) is 4. The number of aromatic amines is 1. The van der Waals surface area contributed by atoms with Gasteiger partial charge in [-0.3, -0.25) is 5.10 Å². The van der Waals surface area contributed by atoms with Crippen molar-refractivity contribution < 1.29 is 14.3 Å². The topological polar surface area (TPSA) is 67.5 Å². The minimum absolute atomic E-state index is 0.274. The van der Waals surface area contributed by atoms with Gasteiger partial charge in [0.1, 0.15) is 23.7 Å². The van der Waals surface area contributed by atoms with Crippen molar-refractivity contribution in [3.63, 3.8) is 0 Å². The summed E-state index contributed by atoms with van der Waals surface area (Å²) in [6.45, 7) is 3.49. The van der Waals surface area contributed by atoms with Gasteiger partial charge in [-0.2, -0.15) is 5.10 Å². The molecule has 6 nitrogen and oxygen atoms in total. The fraction of sp³-hybridized carbons (Fsp3) is 0.304. The van der Waals surface area contributed by atoms with E-state index >= 15 is 0 Å². The number of aromatic nitrogens is 2. The van der Waals surface area contributed by atoms with Gasteiger partial charge in [0.2, 0.25) is 0 Å². The second-order valence-electron chi connectivity index (χ2n) is 7.69. The van der Waals surface area contributed by atoms with Crippen LogP contribution in [-0.4, -0.2) is 34.3 Å². The number of nitrogens with zero attached hydrogens (tertiary/aromatic N) is 2. The first-order chi connectivity index (χ1) is 14.2. The maximum absolute atomic E-state index is 12.5. The van der Waals surface area contributed by atoms with Crippen molar-refractivity contribution in [1.82, 2.24) is 15.1 Å². The predicted octanol–water partition coefficient (Wildman–Crippen LogP) is 4.41. The number of hydrogen-bond donors (Lipinski definition) is 1. The number of ether oxygens (including phenoxy) is 2. The summed E-state index contributed by atoms with van der Waals surface area (Å²) < 4.78 is 12.1. The third kappa shape index (κ3) is 3.05. The molecular formula is C23H23N3O3. The molecular weight excluding hydrogens is 366 g/mol. The monoisotopic (exact) mass is 389 g/mol. The molecule has 0 radical (unpaired) electrons. The summed E-state index contributed by atoms with van der Waals surface area (Å²) in [5.41, 5.74) is 4.65. The van der Waals surface area contributed by atoms with E-state index in [9.17, 15) is 4.79 Å². The number of carbonyl (C=O) groups excluding carboxylic acids is 1. The number of fused-ring (bicyclic) bond motifs is 4. The highest BCUT2D eigenvalue weighted by molar-refractivity contribution is 5.74. The molecule has 0 atom stereocenters. The summed E-state index contributed by atoms with van der Waals surface area (Å²) in [6.07, 6.45) is 1.13. The van der Waals surface area contributed by atoms with Gasteiger partial charge in [0, 0.05) is 42.8 Å². The molecule has 29 heavy (non-hydrogen) atoms. The molecule has 0 unspecified atom stereocenters. The second-order valence-corrected chi connectivity index (χ2v) is 7.69. The van der Waals surface area contributed by atoms with Crippen LogP contribution in [0.15, 0.2) is 54.6 Å². The molecule has 6 heteroatoms. The summed E-state index contributed by atoms with van der Waals surface area (Å²) in [7, 11) is 0. The molecule has 3 heterocycles. The highest BCUT2D eigenvalue weighted by atomic mass is 16.6. The van der Waals surface area contributed by atoms with Gasteiger partial charge in [0.15, 0.2) is 0 Å². The zero-order valence-electron chi connectivity index (χ0n) is 16.4. The van der Waals surface area contributed by atoms with Gasteiger partial charge in [-0.1, -0.05) is 42.5 Å². The lowest BCUT2D eigenvalue weighted by molar-refractivity contribution is -0.00686. The Labute approximate surface area is 169 Å². The Bertz CT molecular complexity index is 1040. The quantitative estimate of drug-likeness (QED) is 0.705. The van der Waals surface area contributed by atoms with E-state index in [1.54, 1.807) is 4.90 Å². The van der Waals surface area contributed by atoms with Gasteiger partial charge in [-0.15, -0.1) is 0 Å². The fourth-order valence-corrected chi connectivity index (χ4v) is 4.41. The number of benzene rings is 2. The Morgan fingerprint density at radius 3 is 2.66 bits per heavy atom. The van der Waals surface area contributed by atoms with Crippen LogP contribution in [-0.2, 0) is 16.9 Å². The molecule has 0 aliphatic carbocycles. The zero-order valence-corrected chi connectivity index (χ0v) is 16.4. The number of para-hydroxylation sites is 1. The standard InChI is InChI=1S/C23H23N3O3/c1-16-20-21(25-24-16)18-9-5-6-10-19(18)29-23(20)11-13-26(14-12-23)22(27)28-15-17-7-3-2-4-8-17/h2-10H,11-15H2,1H3,(H,24,25). The van der Waals surface area contributed by atoms with E-state index in [0.717, 1.165) is 33.8 Å². The molecule has 1 aromatic heterocycles. The van der Waals surface area contributed by atoms with E-state index in [0.29, 0.717) is 25.9 Å². The molecule has 1 fully saturated rings. The lowest BCUT2D eigenvalue weighted by atomic mass is 9.79. The van der Waals surface area contributed by atoms with E-state index in [4.69, 9.17) is 9.47 Å². The highest BCUT2D eigenvalue weighted by Gasteiger charge is 2.46. The van der Waals surface area contributed by atoms with Crippen molar-refractivity contribution in [2.75, 3.05) is 13.1 Å². The molecule has 1 amide bonds. The molecule has 0 bridgehead atoms. The van der Waals surface area contributed by atoms with Crippen molar-refractivity contribution in [3.8, 4) is 17.0 Å². The second kappa shape index (κ2) is 6.95. The average molecular weight is 389 g/mol. The molecule has 1 N–H and O–H groups in total. The number of aryl methyl sites for hydroxylation is 1. The molecule has 5 rings (SSSR count). The fourth-order valence-electron chi connectivity index (χ4n) is 4.41. The van der Waals surface area contributed by atoms with E-state index < -0.39 is 5.60 Å². The number of H-pyrrole nitrogens is 1. The first-order valence-electron chi connectivity index (χ1n) is 9.96. The molecule has 3 aromatic rings. The maximum atomic E-state index is 12.5. The normalized spacial score (nSPS) is 16.7. The van der Waals surface area contributed by atoms with Gasteiger partial charge in [-0.25, -0.2) is 4.79 Å². The number of piperidine rings is 1. The molecule has 2 aliphatic rings. The number of likely N-dealkylation sites (tertiary alicyclic amines) is 1. The summed E-state index contributed by atoms with van der Waals surface area (Å²) in [6, 6.07) is 17.7. The molecule has 148 valence electrons. The third-order valence-electron chi connectivity index (χ3n) is 5.88. The minimum Gasteiger partial charge on any atom is -0.482 e. The Morgan fingerprint density at radius 2 is 1.86 bits per heavy atom. The summed E-state index contributed by atoms with van der Waals surface area (Å²) in [4.78, 5) is 14.3.